The van der Waals surface area contributed by atoms with Crippen molar-refractivity contribution in [1.29, 1.82) is 0 Å². The molecule has 0 radical (unpaired) electrons. The molecular weight excluding hydrogens is 310 g/mol. The van der Waals surface area contributed by atoms with Gasteiger partial charge >= 0.3 is 0 Å². The Bertz CT molecular complexity index is 620. The molecule has 2 aliphatic rings. The first kappa shape index (κ1) is 16.9. The maximum Gasteiger partial charge on any atom is 0.271 e. The van der Waals surface area contributed by atoms with Crippen LogP contribution in [0.1, 0.15) is 19.3 Å². The summed E-state index contributed by atoms with van der Waals surface area (Å²) >= 11 is 0. The van der Waals surface area contributed by atoms with Crippen molar-refractivity contribution in [2.75, 3.05) is 38.3 Å². The molecule has 0 aliphatic carbocycles. The summed E-state index contributed by atoms with van der Waals surface area (Å²) in [6.07, 6.45) is 2.98. The standard InChI is InChI=1S/C17H23N3O4/c1-24-12-13-4-3-8-18(11-13)16-7-9-19(17(16)21)14-5-2-6-15(10-14)20(22)23/h2,5-6,10,13,16H,3-4,7-9,11-12H2,1H3/t13-,16+/m1/s1. The van der Waals surface area contributed by atoms with Crippen LogP contribution in [0.5, 0.6) is 0 Å². The van der Waals surface area contributed by atoms with E-state index in [9.17, 15) is 14.9 Å². The van der Waals surface area contributed by atoms with E-state index < -0.39 is 4.92 Å². The number of hydrogen-bond acceptors (Lipinski definition) is 5. The molecule has 1 aromatic rings. The van der Waals surface area contributed by atoms with Gasteiger partial charge in [-0.2, -0.15) is 0 Å². The summed E-state index contributed by atoms with van der Waals surface area (Å²) in [6.45, 7) is 3.15. The lowest BCUT2D eigenvalue weighted by molar-refractivity contribution is -0.384. The Morgan fingerprint density at radius 3 is 2.92 bits per heavy atom. The first-order chi connectivity index (χ1) is 11.6. The number of nitro benzene ring substituents is 1. The molecule has 7 nitrogen and oxygen atoms in total. The van der Waals surface area contributed by atoms with Crippen LogP contribution in [0.15, 0.2) is 24.3 Å². The third kappa shape index (κ3) is 3.42. The first-order valence-electron chi connectivity index (χ1n) is 8.39. The Labute approximate surface area is 141 Å². The fourth-order valence-electron chi connectivity index (χ4n) is 3.79. The summed E-state index contributed by atoms with van der Waals surface area (Å²) in [7, 11) is 1.71. The molecule has 1 aromatic carbocycles. The van der Waals surface area contributed by atoms with Crippen LogP contribution in [0.3, 0.4) is 0 Å². The number of nitrogens with zero attached hydrogens (tertiary/aromatic N) is 3. The number of methoxy groups -OCH3 is 1. The highest BCUT2D eigenvalue weighted by molar-refractivity contribution is 5.99. The van der Waals surface area contributed by atoms with Crippen molar-refractivity contribution in [2.45, 2.75) is 25.3 Å². The van der Waals surface area contributed by atoms with Crippen LogP contribution in [-0.2, 0) is 9.53 Å². The van der Waals surface area contributed by atoms with Gasteiger partial charge in [-0.05, 0) is 37.8 Å². The lowest BCUT2D eigenvalue weighted by Gasteiger charge is -2.35. The molecule has 7 heteroatoms. The first-order valence-corrected chi connectivity index (χ1v) is 8.39. The van der Waals surface area contributed by atoms with Crippen LogP contribution in [0.2, 0.25) is 0 Å². The van der Waals surface area contributed by atoms with E-state index in [4.69, 9.17) is 4.74 Å². The van der Waals surface area contributed by atoms with Crippen molar-refractivity contribution in [1.82, 2.24) is 4.90 Å². The molecule has 0 unspecified atom stereocenters. The van der Waals surface area contributed by atoms with E-state index in [2.05, 4.69) is 4.90 Å². The summed E-state index contributed by atoms with van der Waals surface area (Å²) in [6, 6.07) is 6.19. The van der Waals surface area contributed by atoms with Gasteiger partial charge in [-0.3, -0.25) is 19.8 Å². The van der Waals surface area contributed by atoms with Crippen molar-refractivity contribution in [3.8, 4) is 0 Å². The van der Waals surface area contributed by atoms with Gasteiger partial charge in [0.1, 0.15) is 0 Å². The largest absolute Gasteiger partial charge is 0.384 e. The number of amides is 1. The zero-order valence-corrected chi connectivity index (χ0v) is 13.9. The van der Waals surface area contributed by atoms with E-state index in [0.717, 1.165) is 39.0 Å². The molecule has 130 valence electrons. The minimum atomic E-state index is -0.429. The Hall–Kier alpha value is -1.99. The molecule has 0 bridgehead atoms. The second-order valence-electron chi connectivity index (χ2n) is 6.53. The summed E-state index contributed by atoms with van der Waals surface area (Å²) < 4.78 is 5.26. The second kappa shape index (κ2) is 7.27. The molecule has 0 saturated carbocycles. The van der Waals surface area contributed by atoms with Crippen molar-refractivity contribution in [2.24, 2.45) is 5.92 Å². The SMILES string of the molecule is COC[C@@H]1CCCN([C@H]2CCN(c3cccc([N+](=O)[O-])c3)C2=O)C1. The molecule has 1 amide bonds. The van der Waals surface area contributed by atoms with Gasteiger partial charge in [0.2, 0.25) is 5.91 Å². The third-order valence-corrected chi connectivity index (χ3v) is 4.92. The second-order valence-corrected chi connectivity index (χ2v) is 6.53. The number of hydrogen-bond donors (Lipinski definition) is 0. The zero-order valence-electron chi connectivity index (χ0n) is 13.9. The van der Waals surface area contributed by atoms with Crippen molar-refractivity contribution in [3.05, 3.63) is 34.4 Å². The number of carbonyl (C=O) groups excluding carboxylic acids is 1. The van der Waals surface area contributed by atoms with E-state index in [0.29, 0.717) is 18.2 Å². The number of rotatable bonds is 5. The van der Waals surface area contributed by atoms with Crippen molar-refractivity contribution < 1.29 is 14.5 Å². The summed E-state index contributed by atoms with van der Waals surface area (Å²) in [5.74, 6) is 0.525. The number of likely N-dealkylation sites (tertiary alicyclic amines) is 1. The summed E-state index contributed by atoms with van der Waals surface area (Å²) in [5, 5.41) is 10.9. The average molecular weight is 333 g/mol. The van der Waals surface area contributed by atoms with E-state index >= 15 is 0 Å². The van der Waals surface area contributed by atoms with Gasteiger partial charge in [-0.25, -0.2) is 0 Å². The van der Waals surface area contributed by atoms with Crippen LogP contribution in [0.4, 0.5) is 11.4 Å². The highest BCUT2D eigenvalue weighted by Gasteiger charge is 2.38. The van der Waals surface area contributed by atoms with Crippen LogP contribution in [0, 0.1) is 16.0 Å². The molecule has 0 aromatic heterocycles. The molecule has 2 heterocycles. The third-order valence-electron chi connectivity index (χ3n) is 4.92. The predicted molar refractivity (Wildman–Crippen MR) is 90.0 cm³/mol. The highest BCUT2D eigenvalue weighted by atomic mass is 16.6. The smallest absolute Gasteiger partial charge is 0.271 e. The fourth-order valence-corrected chi connectivity index (χ4v) is 3.79. The normalized spacial score (nSPS) is 25.2. The minimum Gasteiger partial charge on any atom is -0.384 e. The Balaban J connectivity index is 1.71. The molecule has 2 atom stereocenters. The van der Waals surface area contributed by atoms with Gasteiger partial charge in [0.05, 0.1) is 23.3 Å². The number of nitro groups is 1. The Morgan fingerprint density at radius 1 is 1.33 bits per heavy atom. The average Bonchev–Trinajstić information content (AvgIpc) is 2.97. The molecule has 3 rings (SSSR count). The lowest BCUT2D eigenvalue weighted by Crippen LogP contribution is -2.47. The number of benzene rings is 1. The van der Waals surface area contributed by atoms with E-state index in [-0.39, 0.29) is 17.6 Å². The molecule has 0 N–H and O–H groups in total. The number of anilines is 1. The zero-order chi connectivity index (χ0) is 17.1. The topological polar surface area (TPSA) is 75.9 Å². The number of non-ortho nitro benzene ring substituents is 1. The lowest BCUT2D eigenvalue weighted by atomic mass is 9.97. The monoisotopic (exact) mass is 333 g/mol. The highest BCUT2D eigenvalue weighted by Crippen LogP contribution is 2.29. The summed E-state index contributed by atoms with van der Waals surface area (Å²) in [5.41, 5.74) is 0.629. The Morgan fingerprint density at radius 2 is 2.17 bits per heavy atom. The van der Waals surface area contributed by atoms with E-state index in [1.54, 1.807) is 24.1 Å². The molecular formula is C17H23N3O4. The van der Waals surface area contributed by atoms with Crippen molar-refractivity contribution >= 4 is 17.3 Å². The number of ether oxygens (including phenoxy) is 1. The van der Waals surface area contributed by atoms with Crippen LogP contribution < -0.4 is 4.90 Å². The van der Waals surface area contributed by atoms with Gasteiger partial charge in [-0.15, -0.1) is 0 Å². The summed E-state index contributed by atoms with van der Waals surface area (Å²) in [4.78, 5) is 27.3. The van der Waals surface area contributed by atoms with Crippen LogP contribution in [-0.4, -0.2) is 55.1 Å². The maximum atomic E-state index is 12.8. The number of piperidine rings is 1. The van der Waals surface area contributed by atoms with Crippen LogP contribution in [0.25, 0.3) is 0 Å². The minimum absolute atomic E-state index is 0.0156. The van der Waals surface area contributed by atoms with Gasteiger partial charge in [0, 0.05) is 32.3 Å². The van der Waals surface area contributed by atoms with E-state index in [1.165, 1.54) is 12.1 Å². The molecule has 2 saturated heterocycles. The van der Waals surface area contributed by atoms with Gasteiger partial charge in [-0.1, -0.05) is 6.07 Å². The fraction of sp³-hybridized carbons (Fsp3) is 0.588. The molecule has 2 aliphatic heterocycles. The van der Waals surface area contributed by atoms with Gasteiger partial charge in [0.15, 0.2) is 0 Å². The quantitative estimate of drug-likeness (QED) is 0.609. The molecule has 0 spiro atoms. The number of carbonyl (C=O) groups is 1. The van der Waals surface area contributed by atoms with Gasteiger partial charge in [0.25, 0.3) is 5.69 Å². The van der Waals surface area contributed by atoms with E-state index in [1.807, 2.05) is 0 Å². The van der Waals surface area contributed by atoms with Crippen LogP contribution >= 0.6 is 0 Å². The van der Waals surface area contributed by atoms with Crippen molar-refractivity contribution in [3.63, 3.8) is 0 Å². The molecule has 24 heavy (non-hydrogen) atoms. The maximum absolute atomic E-state index is 12.8. The van der Waals surface area contributed by atoms with Gasteiger partial charge < -0.3 is 9.64 Å². The molecule has 2 fully saturated rings. The Kier molecular flexibility index (Phi) is 5.11. The predicted octanol–water partition coefficient (Wildman–Crippen LogP) is 2.06.